The number of nitrogens with one attached hydrogen (secondary N) is 1. The standard InChI is InChI=1S/C14H15N5/c1-19-9-18-13-12(19)6-7-16-14(13)17-8-10-4-2-3-5-11(10)15/h2-7,9H,8,15H2,1H3,(H,16,17). The highest BCUT2D eigenvalue weighted by Gasteiger charge is 2.06. The summed E-state index contributed by atoms with van der Waals surface area (Å²) in [6.45, 7) is 0.634. The molecule has 1 aromatic carbocycles. The molecule has 3 aromatic rings. The quantitative estimate of drug-likeness (QED) is 0.702. The van der Waals surface area contributed by atoms with Gasteiger partial charge in [-0.25, -0.2) is 9.97 Å². The third-order valence-corrected chi connectivity index (χ3v) is 3.14. The first kappa shape index (κ1) is 11.5. The number of aryl methyl sites for hydroxylation is 1. The Morgan fingerprint density at radius 2 is 2.05 bits per heavy atom. The average Bonchev–Trinajstić information content (AvgIpc) is 2.81. The molecule has 0 unspecified atom stereocenters. The van der Waals surface area contributed by atoms with Crippen LogP contribution in [0, 0.1) is 0 Å². The number of pyridine rings is 1. The number of anilines is 2. The molecule has 0 saturated carbocycles. The number of aromatic nitrogens is 3. The van der Waals surface area contributed by atoms with Gasteiger partial charge in [0, 0.05) is 25.5 Å². The van der Waals surface area contributed by atoms with E-state index in [0.29, 0.717) is 6.54 Å². The van der Waals surface area contributed by atoms with E-state index in [2.05, 4.69) is 15.3 Å². The van der Waals surface area contributed by atoms with Gasteiger partial charge in [0.15, 0.2) is 5.82 Å². The molecule has 0 aliphatic rings. The molecular weight excluding hydrogens is 238 g/mol. The molecule has 0 radical (unpaired) electrons. The van der Waals surface area contributed by atoms with Crippen LogP contribution in [0.25, 0.3) is 11.0 Å². The van der Waals surface area contributed by atoms with Crippen LogP contribution in [-0.2, 0) is 13.6 Å². The van der Waals surface area contributed by atoms with Crippen molar-refractivity contribution in [1.29, 1.82) is 0 Å². The molecule has 0 fully saturated rings. The lowest BCUT2D eigenvalue weighted by atomic mass is 10.2. The second-order valence-electron chi connectivity index (χ2n) is 4.44. The smallest absolute Gasteiger partial charge is 0.154 e. The molecule has 0 aliphatic heterocycles. The first-order chi connectivity index (χ1) is 9.25. The molecule has 0 spiro atoms. The van der Waals surface area contributed by atoms with Gasteiger partial charge in [0.2, 0.25) is 0 Å². The minimum Gasteiger partial charge on any atom is -0.398 e. The van der Waals surface area contributed by atoms with E-state index in [9.17, 15) is 0 Å². The topological polar surface area (TPSA) is 68.8 Å². The van der Waals surface area contributed by atoms with Crippen LogP contribution in [0.2, 0.25) is 0 Å². The number of imidazole rings is 1. The zero-order chi connectivity index (χ0) is 13.2. The maximum atomic E-state index is 5.92. The predicted molar refractivity (Wildman–Crippen MR) is 76.7 cm³/mol. The van der Waals surface area contributed by atoms with Gasteiger partial charge in [-0.3, -0.25) is 0 Å². The molecule has 96 valence electrons. The molecule has 5 nitrogen and oxygen atoms in total. The summed E-state index contributed by atoms with van der Waals surface area (Å²) in [5, 5.41) is 3.29. The monoisotopic (exact) mass is 253 g/mol. The maximum Gasteiger partial charge on any atom is 0.154 e. The Bertz CT molecular complexity index is 717. The van der Waals surface area contributed by atoms with E-state index >= 15 is 0 Å². The Morgan fingerprint density at radius 3 is 2.89 bits per heavy atom. The van der Waals surface area contributed by atoms with Crippen molar-refractivity contribution < 1.29 is 0 Å². The molecular formula is C14H15N5. The molecule has 0 saturated heterocycles. The number of nitrogen functional groups attached to an aromatic ring is 1. The van der Waals surface area contributed by atoms with E-state index in [1.54, 1.807) is 12.5 Å². The van der Waals surface area contributed by atoms with Gasteiger partial charge in [-0.05, 0) is 17.7 Å². The highest BCUT2D eigenvalue weighted by atomic mass is 15.1. The summed E-state index contributed by atoms with van der Waals surface area (Å²) in [7, 11) is 1.97. The fourth-order valence-corrected chi connectivity index (χ4v) is 2.07. The van der Waals surface area contributed by atoms with Crippen LogP contribution in [0.3, 0.4) is 0 Å². The molecule has 0 atom stereocenters. The lowest BCUT2D eigenvalue weighted by Gasteiger charge is -2.08. The van der Waals surface area contributed by atoms with Gasteiger partial charge < -0.3 is 15.6 Å². The fraction of sp³-hybridized carbons (Fsp3) is 0.143. The van der Waals surface area contributed by atoms with Crippen molar-refractivity contribution in [3.05, 3.63) is 48.4 Å². The number of rotatable bonds is 3. The third kappa shape index (κ3) is 2.10. The van der Waals surface area contributed by atoms with Crippen LogP contribution >= 0.6 is 0 Å². The minimum atomic E-state index is 0.634. The van der Waals surface area contributed by atoms with Gasteiger partial charge in [-0.15, -0.1) is 0 Å². The van der Waals surface area contributed by atoms with E-state index in [0.717, 1.165) is 28.1 Å². The molecule has 5 heteroatoms. The van der Waals surface area contributed by atoms with E-state index < -0.39 is 0 Å². The van der Waals surface area contributed by atoms with Crippen molar-refractivity contribution in [2.45, 2.75) is 6.54 Å². The molecule has 0 aliphatic carbocycles. The van der Waals surface area contributed by atoms with Crippen molar-refractivity contribution in [2.75, 3.05) is 11.1 Å². The average molecular weight is 253 g/mol. The Morgan fingerprint density at radius 1 is 1.21 bits per heavy atom. The van der Waals surface area contributed by atoms with Gasteiger partial charge in [-0.1, -0.05) is 18.2 Å². The van der Waals surface area contributed by atoms with Crippen molar-refractivity contribution in [1.82, 2.24) is 14.5 Å². The number of hydrogen-bond donors (Lipinski definition) is 2. The molecule has 19 heavy (non-hydrogen) atoms. The Hall–Kier alpha value is -2.56. The Kier molecular flexibility index (Phi) is 2.79. The Labute approximate surface area is 111 Å². The highest BCUT2D eigenvalue weighted by molar-refractivity contribution is 5.85. The molecule has 0 amide bonds. The molecule has 2 heterocycles. The van der Waals surface area contributed by atoms with Crippen molar-refractivity contribution in [2.24, 2.45) is 7.05 Å². The van der Waals surface area contributed by atoms with E-state index in [1.807, 2.05) is 41.9 Å². The van der Waals surface area contributed by atoms with E-state index in [1.165, 1.54) is 0 Å². The summed E-state index contributed by atoms with van der Waals surface area (Å²) in [6.07, 6.45) is 3.56. The second kappa shape index (κ2) is 4.61. The van der Waals surface area contributed by atoms with E-state index in [4.69, 9.17) is 5.73 Å². The molecule has 0 bridgehead atoms. The second-order valence-corrected chi connectivity index (χ2v) is 4.44. The number of benzene rings is 1. The summed E-state index contributed by atoms with van der Waals surface area (Å²) in [5.41, 5.74) is 9.68. The minimum absolute atomic E-state index is 0.634. The van der Waals surface area contributed by atoms with Gasteiger partial charge in [-0.2, -0.15) is 0 Å². The van der Waals surface area contributed by atoms with Crippen molar-refractivity contribution in [3.8, 4) is 0 Å². The largest absolute Gasteiger partial charge is 0.398 e. The number of nitrogens with zero attached hydrogens (tertiary/aromatic N) is 3. The summed E-state index contributed by atoms with van der Waals surface area (Å²) in [6, 6.07) is 9.75. The fourth-order valence-electron chi connectivity index (χ4n) is 2.07. The first-order valence-electron chi connectivity index (χ1n) is 6.09. The third-order valence-electron chi connectivity index (χ3n) is 3.14. The summed E-state index contributed by atoms with van der Waals surface area (Å²) < 4.78 is 1.97. The first-order valence-corrected chi connectivity index (χ1v) is 6.09. The van der Waals surface area contributed by atoms with E-state index in [-0.39, 0.29) is 0 Å². The van der Waals surface area contributed by atoms with Gasteiger partial charge in [0.05, 0.1) is 11.8 Å². The van der Waals surface area contributed by atoms with Crippen LogP contribution in [0.5, 0.6) is 0 Å². The summed E-state index contributed by atoms with van der Waals surface area (Å²) in [5.74, 6) is 0.779. The SMILES string of the molecule is Cn1cnc2c(NCc3ccccc3N)nccc21. The highest BCUT2D eigenvalue weighted by Crippen LogP contribution is 2.20. The van der Waals surface area contributed by atoms with Crippen molar-refractivity contribution >= 4 is 22.5 Å². The van der Waals surface area contributed by atoms with Gasteiger partial charge in [0.1, 0.15) is 5.52 Å². The lowest BCUT2D eigenvalue weighted by molar-refractivity contribution is 0.947. The lowest BCUT2D eigenvalue weighted by Crippen LogP contribution is -2.04. The van der Waals surface area contributed by atoms with Crippen LogP contribution in [0.4, 0.5) is 11.5 Å². The maximum absolute atomic E-state index is 5.92. The zero-order valence-corrected chi connectivity index (χ0v) is 10.7. The van der Waals surface area contributed by atoms with Crippen LogP contribution in [-0.4, -0.2) is 14.5 Å². The van der Waals surface area contributed by atoms with Crippen molar-refractivity contribution in [3.63, 3.8) is 0 Å². The number of para-hydroxylation sites is 1. The van der Waals surface area contributed by atoms with Crippen LogP contribution < -0.4 is 11.1 Å². The number of fused-ring (bicyclic) bond motifs is 1. The normalized spacial score (nSPS) is 10.8. The van der Waals surface area contributed by atoms with Crippen LogP contribution in [0.1, 0.15) is 5.56 Å². The molecule has 2 aromatic heterocycles. The predicted octanol–water partition coefficient (Wildman–Crippen LogP) is 2.16. The summed E-state index contributed by atoms with van der Waals surface area (Å²) >= 11 is 0. The molecule has 3 rings (SSSR count). The zero-order valence-electron chi connectivity index (χ0n) is 10.7. The number of hydrogen-bond acceptors (Lipinski definition) is 4. The Balaban J connectivity index is 1.88. The number of nitrogens with two attached hydrogens (primary N) is 1. The molecule has 3 N–H and O–H groups in total. The van der Waals surface area contributed by atoms with Gasteiger partial charge >= 0.3 is 0 Å². The van der Waals surface area contributed by atoms with Crippen LogP contribution in [0.15, 0.2) is 42.9 Å². The van der Waals surface area contributed by atoms with Gasteiger partial charge in [0.25, 0.3) is 0 Å². The summed E-state index contributed by atoms with van der Waals surface area (Å²) in [4.78, 5) is 8.70.